The summed E-state index contributed by atoms with van der Waals surface area (Å²) in [5.74, 6) is 1.07. The summed E-state index contributed by atoms with van der Waals surface area (Å²) in [7, 11) is 2.50. The summed E-state index contributed by atoms with van der Waals surface area (Å²) in [4.78, 5) is 4.41. The maximum absolute atomic E-state index is 6.75. The Hall–Kier alpha value is -2.44. The van der Waals surface area contributed by atoms with Gasteiger partial charge in [-0.1, -0.05) is 123 Å². The van der Waals surface area contributed by atoms with Crippen LogP contribution in [0.1, 0.15) is 100 Å². The summed E-state index contributed by atoms with van der Waals surface area (Å²) in [6.45, 7) is 16.6. The quantitative estimate of drug-likeness (QED) is 0.130. The molecule has 0 aliphatic carbocycles. The van der Waals surface area contributed by atoms with E-state index >= 15 is 0 Å². The topological polar surface area (TPSA) is 21.6 Å². The number of nitrogens with zero attached hydrogens (tertiary/aromatic N) is 1. The Morgan fingerprint density at radius 1 is 0.921 bits per heavy atom. The van der Waals surface area contributed by atoms with Gasteiger partial charge in [0.1, 0.15) is 12.4 Å². The number of ether oxygens (including phenoxy) is 1. The van der Waals surface area contributed by atoms with Crippen molar-refractivity contribution in [1.29, 1.82) is 0 Å². The fourth-order valence-corrected chi connectivity index (χ4v) is 6.94. The highest BCUT2D eigenvalue weighted by atomic mass is 31.1. The van der Waals surface area contributed by atoms with E-state index in [1.807, 2.05) is 13.3 Å². The third kappa shape index (κ3) is 7.57. The number of unbranched alkanes of at least 4 members (excludes halogenated alkanes) is 2. The third-order valence-electron chi connectivity index (χ3n) is 7.54. The van der Waals surface area contributed by atoms with Crippen LogP contribution in [-0.2, 0) is 17.2 Å². The van der Waals surface area contributed by atoms with Gasteiger partial charge in [0.05, 0.1) is 0 Å². The lowest BCUT2D eigenvalue weighted by Gasteiger charge is -2.37. The monoisotopic (exact) mass is 529 g/mol. The standard InChI is InChI=1S/C35H48NOP/c1-9-11-15-20-35(10-2,38-32-19-18-26(3)21-29(32)24-36-8)31-23-30(34(5,6)7)22-27(4)33(31)37-25-28-16-13-12-14-17-28/h12-14,16-19,21-24,38H,9-11,15,20,25H2,1-8H3. The number of hydrogen-bond acceptors (Lipinski definition) is 2. The molecule has 0 amide bonds. The molecule has 2 atom stereocenters. The molecule has 38 heavy (non-hydrogen) atoms. The molecule has 0 aliphatic heterocycles. The van der Waals surface area contributed by atoms with Crippen LogP contribution < -0.4 is 10.0 Å². The van der Waals surface area contributed by atoms with Crippen molar-refractivity contribution in [3.63, 3.8) is 0 Å². The summed E-state index contributed by atoms with van der Waals surface area (Å²) >= 11 is 0. The molecule has 0 bridgehead atoms. The van der Waals surface area contributed by atoms with Gasteiger partial charge in [0.25, 0.3) is 0 Å². The zero-order chi connectivity index (χ0) is 27.8. The van der Waals surface area contributed by atoms with E-state index in [9.17, 15) is 0 Å². The highest BCUT2D eigenvalue weighted by molar-refractivity contribution is 7.48. The van der Waals surface area contributed by atoms with Crippen molar-refractivity contribution in [3.05, 3.63) is 94.0 Å². The minimum Gasteiger partial charge on any atom is -0.488 e. The van der Waals surface area contributed by atoms with Crippen LogP contribution in [0, 0.1) is 13.8 Å². The lowest BCUT2D eigenvalue weighted by molar-refractivity contribution is 0.295. The first-order valence-electron chi connectivity index (χ1n) is 14.3. The van der Waals surface area contributed by atoms with Crippen molar-refractivity contribution in [3.8, 4) is 5.75 Å². The van der Waals surface area contributed by atoms with Gasteiger partial charge in [-0.15, -0.1) is 0 Å². The molecule has 0 radical (unpaired) electrons. The van der Waals surface area contributed by atoms with E-state index in [2.05, 4.69) is 114 Å². The molecule has 2 nitrogen and oxygen atoms in total. The van der Waals surface area contributed by atoms with E-state index in [1.165, 1.54) is 57.9 Å². The van der Waals surface area contributed by atoms with Gasteiger partial charge in [0.2, 0.25) is 0 Å². The second-order valence-corrected chi connectivity index (χ2v) is 13.4. The third-order valence-corrected chi connectivity index (χ3v) is 9.62. The Labute approximate surface area is 234 Å². The van der Waals surface area contributed by atoms with Crippen LogP contribution in [0.5, 0.6) is 5.75 Å². The number of aliphatic imine (C=N–C) groups is 1. The predicted octanol–water partition coefficient (Wildman–Crippen LogP) is 9.42. The normalized spacial score (nSPS) is 13.9. The van der Waals surface area contributed by atoms with E-state index in [0.29, 0.717) is 15.2 Å². The smallest absolute Gasteiger partial charge is 0.126 e. The SMILES string of the molecule is CCCCCC(CC)(Pc1ccc(C)cc1C=NC)c1cc(C(C)(C)C)cc(C)c1OCc1ccccc1. The molecule has 0 saturated heterocycles. The molecule has 3 heteroatoms. The first kappa shape index (κ1) is 30.1. The van der Waals surface area contributed by atoms with Crippen LogP contribution in [0.3, 0.4) is 0 Å². The van der Waals surface area contributed by atoms with E-state index < -0.39 is 0 Å². The molecule has 0 spiro atoms. The van der Waals surface area contributed by atoms with Crippen LogP contribution in [0.25, 0.3) is 0 Å². The Kier molecular flexibility index (Phi) is 10.8. The van der Waals surface area contributed by atoms with Crippen LogP contribution in [0.2, 0.25) is 0 Å². The van der Waals surface area contributed by atoms with Crippen molar-refractivity contribution >= 4 is 20.1 Å². The summed E-state index contributed by atoms with van der Waals surface area (Å²) in [5, 5.41) is 1.39. The van der Waals surface area contributed by atoms with Crippen LogP contribution in [0.15, 0.2) is 65.7 Å². The van der Waals surface area contributed by atoms with Crippen LogP contribution in [-0.4, -0.2) is 13.3 Å². The van der Waals surface area contributed by atoms with Crippen molar-refractivity contribution < 1.29 is 4.74 Å². The number of hydrogen-bond donors (Lipinski definition) is 0. The van der Waals surface area contributed by atoms with Gasteiger partial charge in [-0.05, 0) is 65.7 Å². The van der Waals surface area contributed by atoms with Gasteiger partial charge < -0.3 is 4.74 Å². The van der Waals surface area contributed by atoms with Crippen molar-refractivity contribution in [2.75, 3.05) is 7.05 Å². The molecule has 2 unspecified atom stereocenters. The average Bonchev–Trinajstić information content (AvgIpc) is 2.89. The zero-order valence-corrected chi connectivity index (χ0v) is 25.9. The van der Waals surface area contributed by atoms with E-state index in [1.54, 1.807) is 0 Å². The van der Waals surface area contributed by atoms with E-state index in [0.717, 1.165) is 18.6 Å². The second-order valence-electron chi connectivity index (χ2n) is 11.7. The Morgan fingerprint density at radius 2 is 1.66 bits per heavy atom. The molecule has 3 rings (SSSR count). The molecule has 0 heterocycles. The summed E-state index contributed by atoms with van der Waals surface area (Å²) in [6.07, 6.45) is 7.95. The molecule has 0 aromatic heterocycles. The molecular weight excluding hydrogens is 481 g/mol. The molecule has 0 fully saturated rings. The summed E-state index contributed by atoms with van der Waals surface area (Å²) in [5.41, 5.74) is 7.79. The van der Waals surface area contributed by atoms with Gasteiger partial charge in [0, 0.05) is 24.0 Å². The first-order valence-corrected chi connectivity index (χ1v) is 15.3. The van der Waals surface area contributed by atoms with Crippen LogP contribution in [0.4, 0.5) is 0 Å². The molecular formula is C35H48NOP. The molecule has 3 aromatic carbocycles. The summed E-state index contributed by atoms with van der Waals surface area (Å²) in [6, 6.07) is 22.2. The molecule has 0 N–H and O–H groups in total. The maximum atomic E-state index is 6.75. The minimum atomic E-state index is -0.00119. The van der Waals surface area contributed by atoms with Gasteiger partial charge >= 0.3 is 0 Å². The molecule has 204 valence electrons. The molecule has 3 aromatic rings. The average molecular weight is 530 g/mol. The van der Waals surface area contributed by atoms with E-state index in [4.69, 9.17) is 4.74 Å². The fraction of sp³-hybridized carbons (Fsp3) is 0.457. The predicted molar refractivity (Wildman–Crippen MR) is 169 cm³/mol. The van der Waals surface area contributed by atoms with E-state index in [-0.39, 0.29) is 10.6 Å². The maximum Gasteiger partial charge on any atom is 0.126 e. The second kappa shape index (κ2) is 13.6. The largest absolute Gasteiger partial charge is 0.488 e. The highest BCUT2D eigenvalue weighted by Gasteiger charge is 2.36. The zero-order valence-electron chi connectivity index (χ0n) is 24.9. The van der Waals surface area contributed by atoms with Crippen molar-refractivity contribution in [2.24, 2.45) is 4.99 Å². The van der Waals surface area contributed by atoms with Crippen LogP contribution >= 0.6 is 8.58 Å². The highest BCUT2D eigenvalue weighted by Crippen LogP contribution is 2.53. The lowest BCUT2D eigenvalue weighted by Crippen LogP contribution is -2.26. The van der Waals surface area contributed by atoms with Gasteiger partial charge in [-0.3, -0.25) is 4.99 Å². The molecule has 0 aliphatic rings. The Morgan fingerprint density at radius 3 is 2.29 bits per heavy atom. The number of benzene rings is 3. The Balaban J connectivity index is 2.21. The summed E-state index contributed by atoms with van der Waals surface area (Å²) < 4.78 is 6.75. The fourth-order valence-electron chi connectivity index (χ4n) is 5.18. The van der Waals surface area contributed by atoms with Gasteiger partial charge in [0.15, 0.2) is 0 Å². The Bertz CT molecular complexity index is 1210. The lowest BCUT2D eigenvalue weighted by atomic mass is 9.80. The van der Waals surface area contributed by atoms with Crippen molar-refractivity contribution in [1.82, 2.24) is 0 Å². The first-order chi connectivity index (χ1) is 18.1. The molecule has 0 saturated carbocycles. The van der Waals surface area contributed by atoms with Gasteiger partial charge in [-0.25, -0.2) is 0 Å². The number of aryl methyl sites for hydroxylation is 2. The van der Waals surface area contributed by atoms with Gasteiger partial charge in [-0.2, -0.15) is 0 Å². The minimum absolute atomic E-state index is 0.00119. The van der Waals surface area contributed by atoms with Crippen molar-refractivity contribution in [2.45, 2.75) is 97.7 Å². The number of rotatable bonds is 12.